The number of carbonyl (C=O) groups is 2. The molecule has 0 fully saturated rings. The molecule has 2 aromatic rings. The highest BCUT2D eigenvalue weighted by molar-refractivity contribution is 6.07. The van der Waals surface area contributed by atoms with Gasteiger partial charge >= 0.3 is 18.3 Å². The van der Waals surface area contributed by atoms with Crippen LogP contribution in [0.15, 0.2) is 23.0 Å². The summed E-state index contributed by atoms with van der Waals surface area (Å²) in [6.45, 7) is 0. The fourth-order valence-corrected chi connectivity index (χ4v) is 2.21. The first kappa shape index (κ1) is 18.8. The Labute approximate surface area is 140 Å². The summed E-state index contributed by atoms with van der Waals surface area (Å²) in [5.74, 6) is -6.85. The maximum Gasteiger partial charge on any atom is 0.573 e. The Balaban J connectivity index is 2.81. The first-order valence-electron chi connectivity index (χ1n) is 6.50. The smallest absolute Gasteiger partial charge is 0.478 e. The molecule has 5 N–H and O–H groups in total. The molecule has 8 nitrogen and oxygen atoms in total. The van der Waals surface area contributed by atoms with Crippen molar-refractivity contribution >= 4 is 17.8 Å². The highest BCUT2D eigenvalue weighted by Crippen LogP contribution is 2.34. The molecule has 0 aliphatic heterocycles. The predicted molar refractivity (Wildman–Crippen MR) is 77.5 cm³/mol. The Kier molecular flexibility index (Phi) is 4.61. The van der Waals surface area contributed by atoms with E-state index in [9.17, 15) is 37.1 Å². The van der Waals surface area contributed by atoms with Crippen LogP contribution in [0.5, 0.6) is 5.75 Å². The largest absolute Gasteiger partial charge is 0.573 e. The van der Waals surface area contributed by atoms with E-state index in [0.29, 0.717) is 12.1 Å². The molecule has 0 spiro atoms. The third-order valence-electron chi connectivity index (χ3n) is 3.12. The molecule has 12 heteroatoms. The summed E-state index contributed by atoms with van der Waals surface area (Å²) >= 11 is 0. The third-order valence-corrected chi connectivity index (χ3v) is 3.12. The zero-order valence-corrected chi connectivity index (χ0v) is 12.3. The normalized spacial score (nSPS) is 11.2. The number of benzene rings is 1. The van der Waals surface area contributed by atoms with Crippen molar-refractivity contribution in [2.24, 2.45) is 0 Å². The number of aromatic nitrogens is 1. The van der Waals surface area contributed by atoms with Crippen LogP contribution < -0.4 is 16.0 Å². The third kappa shape index (κ3) is 3.58. The van der Waals surface area contributed by atoms with Crippen LogP contribution in [0.1, 0.15) is 20.7 Å². The van der Waals surface area contributed by atoms with E-state index in [1.807, 2.05) is 0 Å². The van der Waals surface area contributed by atoms with Crippen LogP contribution in [0.4, 0.5) is 23.4 Å². The number of nitrogen functional groups attached to an aromatic ring is 1. The molecule has 0 aliphatic carbocycles. The van der Waals surface area contributed by atoms with Gasteiger partial charge in [0.25, 0.3) is 5.56 Å². The average Bonchev–Trinajstić information content (AvgIpc) is 2.43. The van der Waals surface area contributed by atoms with E-state index in [4.69, 9.17) is 10.8 Å². The van der Waals surface area contributed by atoms with Gasteiger partial charge in [0.05, 0.1) is 0 Å². The summed E-state index contributed by atoms with van der Waals surface area (Å²) in [7, 11) is 0. The van der Waals surface area contributed by atoms with Gasteiger partial charge in [-0.05, 0) is 12.1 Å². The molecule has 0 aliphatic rings. The molecule has 0 atom stereocenters. The van der Waals surface area contributed by atoms with Crippen LogP contribution in [0.2, 0.25) is 0 Å². The minimum Gasteiger partial charge on any atom is -0.478 e. The Morgan fingerprint density at radius 3 is 2.15 bits per heavy atom. The number of hydrogen-bond donors (Lipinski definition) is 4. The SMILES string of the molecule is Nc1[nH]c(=O)c(C(=O)O)c(-c2ccc(OC(F)(F)F)cc2F)c1C(=O)O. The summed E-state index contributed by atoms with van der Waals surface area (Å²) in [5.41, 5.74) is 0.344. The van der Waals surface area contributed by atoms with Gasteiger partial charge in [-0.15, -0.1) is 13.2 Å². The van der Waals surface area contributed by atoms with Crippen LogP contribution in [0.3, 0.4) is 0 Å². The molecule has 26 heavy (non-hydrogen) atoms. The fourth-order valence-electron chi connectivity index (χ4n) is 2.21. The second-order valence-electron chi connectivity index (χ2n) is 4.79. The number of carboxylic acids is 2. The van der Waals surface area contributed by atoms with Crippen molar-refractivity contribution in [2.45, 2.75) is 6.36 Å². The number of nitrogens with two attached hydrogens (primary N) is 1. The number of ether oxygens (including phenoxy) is 1. The van der Waals surface area contributed by atoms with Crippen molar-refractivity contribution < 1.29 is 42.1 Å². The molecular formula is C14H8F4N2O6. The van der Waals surface area contributed by atoms with E-state index in [-0.39, 0.29) is 6.07 Å². The molecule has 0 saturated heterocycles. The zero-order chi connectivity index (χ0) is 19.8. The Bertz CT molecular complexity index is 967. The number of aromatic carboxylic acids is 2. The summed E-state index contributed by atoms with van der Waals surface area (Å²) in [6.07, 6.45) is -5.11. The fraction of sp³-hybridized carbons (Fsp3) is 0.0714. The molecule has 1 aromatic heterocycles. The number of aromatic amines is 1. The molecular weight excluding hydrogens is 368 g/mol. The van der Waals surface area contributed by atoms with Gasteiger partial charge in [-0.2, -0.15) is 0 Å². The predicted octanol–water partition coefficient (Wildman–Crippen LogP) is 2.06. The topological polar surface area (TPSA) is 143 Å². The maximum absolute atomic E-state index is 14.3. The number of rotatable bonds is 4. The number of halogens is 4. The number of H-pyrrole nitrogens is 1. The Morgan fingerprint density at radius 2 is 1.69 bits per heavy atom. The highest BCUT2D eigenvalue weighted by Gasteiger charge is 2.32. The lowest BCUT2D eigenvalue weighted by Crippen LogP contribution is -2.24. The van der Waals surface area contributed by atoms with Crippen molar-refractivity contribution in [1.29, 1.82) is 0 Å². The molecule has 0 radical (unpaired) electrons. The van der Waals surface area contributed by atoms with Crippen molar-refractivity contribution in [1.82, 2.24) is 4.98 Å². The molecule has 0 bridgehead atoms. The van der Waals surface area contributed by atoms with E-state index in [0.717, 1.165) is 0 Å². The lowest BCUT2D eigenvalue weighted by molar-refractivity contribution is -0.274. The lowest BCUT2D eigenvalue weighted by atomic mass is 9.95. The monoisotopic (exact) mass is 376 g/mol. The average molecular weight is 376 g/mol. The summed E-state index contributed by atoms with van der Waals surface area (Å²) < 4.78 is 54.3. The molecule has 0 unspecified atom stereocenters. The van der Waals surface area contributed by atoms with Gasteiger partial charge in [0.1, 0.15) is 28.5 Å². The van der Waals surface area contributed by atoms with Gasteiger partial charge in [0.15, 0.2) is 0 Å². The molecule has 0 amide bonds. The highest BCUT2D eigenvalue weighted by atomic mass is 19.4. The van der Waals surface area contributed by atoms with Crippen molar-refractivity contribution in [3.63, 3.8) is 0 Å². The minimum atomic E-state index is -5.11. The van der Waals surface area contributed by atoms with Gasteiger partial charge in [0, 0.05) is 17.2 Å². The van der Waals surface area contributed by atoms with Crippen LogP contribution in [0.25, 0.3) is 11.1 Å². The number of hydrogen-bond acceptors (Lipinski definition) is 5. The zero-order valence-electron chi connectivity index (χ0n) is 12.3. The number of nitrogens with one attached hydrogen (secondary N) is 1. The van der Waals surface area contributed by atoms with Gasteiger partial charge in [0.2, 0.25) is 0 Å². The van der Waals surface area contributed by atoms with Gasteiger partial charge in [-0.1, -0.05) is 0 Å². The van der Waals surface area contributed by atoms with E-state index in [1.165, 1.54) is 0 Å². The molecule has 2 rings (SSSR count). The van der Waals surface area contributed by atoms with Crippen molar-refractivity contribution in [3.05, 3.63) is 45.5 Å². The lowest BCUT2D eigenvalue weighted by Gasteiger charge is -2.14. The van der Waals surface area contributed by atoms with Crippen molar-refractivity contribution in [3.8, 4) is 16.9 Å². The Hall–Kier alpha value is -3.57. The number of carboxylic acid groups (broad SMARTS) is 2. The van der Waals surface area contributed by atoms with E-state index in [2.05, 4.69) is 4.74 Å². The quantitative estimate of drug-likeness (QED) is 0.598. The number of pyridine rings is 1. The maximum atomic E-state index is 14.3. The number of alkyl halides is 3. The summed E-state index contributed by atoms with van der Waals surface area (Å²) in [4.78, 5) is 36.3. The molecule has 1 aromatic carbocycles. The van der Waals surface area contributed by atoms with Crippen LogP contribution in [0, 0.1) is 5.82 Å². The molecule has 0 saturated carbocycles. The van der Waals surface area contributed by atoms with E-state index < -0.39 is 63.5 Å². The first-order chi connectivity index (χ1) is 11.9. The standard InChI is InChI=1S/C14H8F4N2O6/c15-6-3-4(26-14(16,17)18)1-2-5(6)7-8(12(22)23)10(19)20-11(21)9(7)13(24)25/h1-3H,(H,22,23)(H,24,25)(H3,19,20,21). The Morgan fingerprint density at radius 1 is 1.12 bits per heavy atom. The van der Waals surface area contributed by atoms with E-state index in [1.54, 1.807) is 4.98 Å². The second kappa shape index (κ2) is 6.38. The first-order valence-corrected chi connectivity index (χ1v) is 6.50. The van der Waals surface area contributed by atoms with Gasteiger partial charge in [-0.25, -0.2) is 14.0 Å². The van der Waals surface area contributed by atoms with Gasteiger partial charge < -0.3 is 25.7 Å². The summed E-state index contributed by atoms with van der Waals surface area (Å²) in [5, 5.41) is 18.4. The van der Waals surface area contributed by atoms with E-state index >= 15 is 0 Å². The van der Waals surface area contributed by atoms with Crippen LogP contribution in [-0.4, -0.2) is 33.5 Å². The number of anilines is 1. The van der Waals surface area contributed by atoms with Gasteiger partial charge in [-0.3, -0.25) is 4.79 Å². The van der Waals surface area contributed by atoms with Crippen LogP contribution >= 0.6 is 0 Å². The van der Waals surface area contributed by atoms with Crippen molar-refractivity contribution in [2.75, 3.05) is 5.73 Å². The summed E-state index contributed by atoms with van der Waals surface area (Å²) in [6, 6.07) is 1.53. The molecule has 1 heterocycles. The van der Waals surface area contributed by atoms with Crippen LogP contribution in [-0.2, 0) is 0 Å². The second-order valence-corrected chi connectivity index (χ2v) is 4.79. The minimum absolute atomic E-state index is 0.261. The molecule has 138 valence electrons.